The molecular weight excluding hydrogens is 224 g/mol. The quantitative estimate of drug-likeness (QED) is 0.863. The number of aryl methyl sites for hydroxylation is 1. The second-order valence-corrected chi connectivity index (χ2v) is 5.93. The second-order valence-electron chi connectivity index (χ2n) is 5.93. The molecule has 0 bridgehead atoms. The predicted molar refractivity (Wildman–Crippen MR) is 73.9 cm³/mol. The molecule has 1 fully saturated rings. The first kappa shape index (κ1) is 13.4. The van der Waals surface area contributed by atoms with Gasteiger partial charge in [-0.3, -0.25) is 0 Å². The molecule has 1 aliphatic carbocycles. The fourth-order valence-corrected chi connectivity index (χ4v) is 2.34. The van der Waals surface area contributed by atoms with Crippen LogP contribution in [-0.4, -0.2) is 17.3 Å². The van der Waals surface area contributed by atoms with Crippen molar-refractivity contribution in [3.63, 3.8) is 0 Å². The van der Waals surface area contributed by atoms with Crippen LogP contribution >= 0.6 is 0 Å². The first-order valence-corrected chi connectivity index (χ1v) is 6.97. The average Bonchev–Trinajstić information content (AvgIpc) is 2.37. The normalized spacial score (nSPS) is 25.6. The van der Waals surface area contributed by atoms with E-state index in [4.69, 9.17) is 4.74 Å². The van der Waals surface area contributed by atoms with Gasteiger partial charge in [-0.05, 0) is 30.5 Å². The molecule has 0 spiro atoms. The summed E-state index contributed by atoms with van der Waals surface area (Å²) in [5, 5.41) is 9.69. The monoisotopic (exact) mass is 248 g/mol. The molecule has 1 aromatic rings. The number of hydrogen-bond donors (Lipinski definition) is 1. The van der Waals surface area contributed by atoms with Gasteiger partial charge in [-0.1, -0.05) is 39.3 Å². The Labute approximate surface area is 110 Å². The number of hydrogen-bond acceptors (Lipinski definition) is 2. The van der Waals surface area contributed by atoms with Crippen LogP contribution in [0.4, 0.5) is 0 Å². The smallest absolute Gasteiger partial charge is 0.119 e. The van der Waals surface area contributed by atoms with Gasteiger partial charge in [0.25, 0.3) is 0 Å². The Hall–Kier alpha value is -1.02. The molecule has 100 valence electrons. The third-order valence-corrected chi connectivity index (χ3v) is 4.15. The second kappa shape index (κ2) is 5.31. The lowest BCUT2D eigenvalue weighted by atomic mass is 9.66. The van der Waals surface area contributed by atoms with Gasteiger partial charge in [0.2, 0.25) is 0 Å². The van der Waals surface area contributed by atoms with E-state index in [0.717, 1.165) is 18.6 Å². The van der Waals surface area contributed by atoms with E-state index in [9.17, 15) is 5.11 Å². The van der Waals surface area contributed by atoms with Gasteiger partial charge in [0.1, 0.15) is 11.9 Å². The van der Waals surface area contributed by atoms with E-state index in [2.05, 4.69) is 32.9 Å². The molecule has 0 saturated heterocycles. The number of unbranched alkanes of at least 4 members (excludes halogenated alkanes) is 1. The van der Waals surface area contributed by atoms with Crippen molar-refractivity contribution in [3.05, 3.63) is 29.8 Å². The molecule has 0 heterocycles. The Morgan fingerprint density at radius 3 is 2.44 bits per heavy atom. The van der Waals surface area contributed by atoms with Crippen LogP contribution in [0.3, 0.4) is 0 Å². The molecule has 2 atom stereocenters. The van der Waals surface area contributed by atoms with Crippen LogP contribution in [0.5, 0.6) is 5.75 Å². The van der Waals surface area contributed by atoms with Gasteiger partial charge in [-0.2, -0.15) is 0 Å². The lowest BCUT2D eigenvalue weighted by Crippen LogP contribution is -2.56. The summed E-state index contributed by atoms with van der Waals surface area (Å²) in [6, 6.07) is 8.39. The van der Waals surface area contributed by atoms with Crippen LogP contribution in [-0.2, 0) is 6.42 Å². The SMILES string of the molecule is CCCCc1ccc(OC2CC(O)C2(C)C)cc1. The third kappa shape index (κ3) is 2.69. The van der Waals surface area contributed by atoms with E-state index in [-0.39, 0.29) is 17.6 Å². The average molecular weight is 248 g/mol. The van der Waals surface area contributed by atoms with Gasteiger partial charge in [-0.25, -0.2) is 0 Å². The number of ether oxygens (including phenoxy) is 1. The van der Waals surface area contributed by atoms with Crippen molar-refractivity contribution >= 4 is 0 Å². The molecule has 1 aromatic carbocycles. The van der Waals surface area contributed by atoms with E-state index < -0.39 is 0 Å². The lowest BCUT2D eigenvalue weighted by Gasteiger charge is -2.48. The Morgan fingerprint density at radius 2 is 1.94 bits per heavy atom. The molecule has 0 amide bonds. The zero-order valence-electron chi connectivity index (χ0n) is 11.6. The predicted octanol–water partition coefficient (Wildman–Crippen LogP) is 3.57. The summed E-state index contributed by atoms with van der Waals surface area (Å²) < 4.78 is 5.94. The largest absolute Gasteiger partial charge is 0.490 e. The van der Waals surface area contributed by atoms with Crippen LogP contribution in [0.15, 0.2) is 24.3 Å². The number of benzene rings is 1. The molecule has 18 heavy (non-hydrogen) atoms. The van der Waals surface area contributed by atoms with E-state index in [1.807, 2.05) is 12.1 Å². The van der Waals surface area contributed by atoms with Crippen molar-refractivity contribution in [1.29, 1.82) is 0 Å². The van der Waals surface area contributed by atoms with Crippen molar-refractivity contribution in [2.45, 2.75) is 58.7 Å². The molecule has 1 saturated carbocycles. The number of aliphatic hydroxyl groups is 1. The highest BCUT2D eigenvalue weighted by molar-refractivity contribution is 5.28. The maximum absolute atomic E-state index is 9.69. The topological polar surface area (TPSA) is 29.5 Å². The summed E-state index contributed by atoms with van der Waals surface area (Å²) in [7, 11) is 0. The number of aliphatic hydroxyl groups excluding tert-OH is 1. The molecule has 0 radical (unpaired) electrons. The molecule has 2 nitrogen and oxygen atoms in total. The fourth-order valence-electron chi connectivity index (χ4n) is 2.34. The minimum atomic E-state index is -0.230. The highest BCUT2D eigenvalue weighted by Crippen LogP contribution is 2.42. The van der Waals surface area contributed by atoms with Crippen LogP contribution in [0.2, 0.25) is 0 Å². The Kier molecular flexibility index (Phi) is 3.96. The van der Waals surface area contributed by atoms with Crippen LogP contribution in [0, 0.1) is 5.41 Å². The summed E-state index contributed by atoms with van der Waals surface area (Å²) in [5.41, 5.74) is 1.25. The lowest BCUT2D eigenvalue weighted by molar-refractivity contribution is -0.134. The first-order chi connectivity index (χ1) is 8.54. The van der Waals surface area contributed by atoms with Crippen LogP contribution in [0.25, 0.3) is 0 Å². The van der Waals surface area contributed by atoms with Crippen molar-refractivity contribution in [2.75, 3.05) is 0 Å². The molecule has 0 aromatic heterocycles. The van der Waals surface area contributed by atoms with Crippen molar-refractivity contribution in [2.24, 2.45) is 5.41 Å². The molecule has 1 aliphatic rings. The summed E-state index contributed by atoms with van der Waals surface area (Å²) in [6.45, 7) is 6.32. The van der Waals surface area contributed by atoms with Gasteiger partial charge in [0, 0.05) is 11.8 Å². The maximum atomic E-state index is 9.69. The zero-order chi connectivity index (χ0) is 13.2. The van der Waals surface area contributed by atoms with Gasteiger partial charge >= 0.3 is 0 Å². The van der Waals surface area contributed by atoms with Crippen molar-refractivity contribution < 1.29 is 9.84 Å². The Morgan fingerprint density at radius 1 is 1.28 bits per heavy atom. The molecule has 2 rings (SSSR count). The molecule has 1 N–H and O–H groups in total. The minimum absolute atomic E-state index is 0.124. The van der Waals surface area contributed by atoms with Crippen LogP contribution in [0.1, 0.15) is 45.6 Å². The van der Waals surface area contributed by atoms with Gasteiger partial charge < -0.3 is 9.84 Å². The molecule has 2 unspecified atom stereocenters. The summed E-state index contributed by atoms with van der Waals surface area (Å²) in [4.78, 5) is 0. The van der Waals surface area contributed by atoms with Gasteiger partial charge in [0.05, 0.1) is 6.10 Å². The minimum Gasteiger partial charge on any atom is -0.490 e. The van der Waals surface area contributed by atoms with E-state index in [1.54, 1.807) is 0 Å². The summed E-state index contributed by atoms with van der Waals surface area (Å²) in [6.07, 6.45) is 4.25. The molecular formula is C16H24O2. The van der Waals surface area contributed by atoms with Gasteiger partial charge in [0.15, 0.2) is 0 Å². The summed E-state index contributed by atoms with van der Waals surface area (Å²) >= 11 is 0. The van der Waals surface area contributed by atoms with Crippen LogP contribution < -0.4 is 4.74 Å². The Balaban J connectivity index is 1.91. The molecule has 0 aliphatic heterocycles. The number of rotatable bonds is 5. The molecule has 2 heteroatoms. The van der Waals surface area contributed by atoms with Crippen molar-refractivity contribution in [1.82, 2.24) is 0 Å². The standard InChI is InChI=1S/C16H24O2/c1-4-5-6-12-7-9-13(10-8-12)18-15-11-14(17)16(15,2)3/h7-10,14-15,17H,4-6,11H2,1-3H3. The van der Waals surface area contributed by atoms with Gasteiger partial charge in [-0.15, -0.1) is 0 Å². The first-order valence-electron chi connectivity index (χ1n) is 6.97. The highest BCUT2D eigenvalue weighted by Gasteiger charge is 2.49. The third-order valence-electron chi connectivity index (χ3n) is 4.15. The highest BCUT2D eigenvalue weighted by atomic mass is 16.5. The van der Waals surface area contributed by atoms with E-state index in [1.165, 1.54) is 18.4 Å². The van der Waals surface area contributed by atoms with Crippen molar-refractivity contribution in [3.8, 4) is 5.75 Å². The zero-order valence-corrected chi connectivity index (χ0v) is 11.6. The van der Waals surface area contributed by atoms with E-state index in [0.29, 0.717) is 0 Å². The maximum Gasteiger partial charge on any atom is 0.119 e. The van der Waals surface area contributed by atoms with E-state index >= 15 is 0 Å². The Bertz CT molecular complexity index is 381. The summed E-state index contributed by atoms with van der Waals surface area (Å²) in [5.74, 6) is 0.917. The fraction of sp³-hybridized carbons (Fsp3) is 0.625.